The van der Waals surface area contributed by atoms with Crippen LogP contribution in [0.1, 0.15) is 10.4 Å². The third-order valence-corrected chi connectivity index (χ3v) is 1.75. The average molecular weight is 192 g/mol. The van der Waals surface area contributed by atoms with Crippen molar-refractivity contribution < 1.29 is 4.79 Å². The number of aromatic nitrogens is 1. The summed E-state index contributed by atoms with van der Waals surface area (Å²) >= 11 is 0. The summed E-state index contributed by atoms with van der Waals surface area (Å²) in [6.07, 6.45) is 3.10. The van der Waals surface area contributed by atoms with Gasteiger partial charge in [-0.3, -0.25) is 9.59 Å². The fourth-order valence-corrected chi connectivity index (χ4v) is 0.995. The van der Waals surface area contributed by atoms with Gasteiger partial charge in [0.15, 0.2) is 0 Å². The van der Waals surface area contributed by atoms with Crippen molar-refractivity contribution in [3.05, 3.63) is 46.9 Å². The van der Waals surface area contributed by atoms with Crippen molar-refractivity contribution in [2.75, 3.05) is 6.54 Å². The van der Waals surface area contributed by atoms with Crippen LogP contribution in [0.5, 0.6) is 0 Å². The molecule has 0 aliphatic heterocycles. The molecular weight excluding hydrogens is 180 g/mol. The Morgan fingerprint density at radius 1 is 1.64 bits per heavy atom. The lowest BCUT2D eigenvalue weighted by Gasteiger charge is -2.03. The highest BCUT2D eigenvalue weighted by Crippen LogP contribution is 1.93. The van der Waals surface area contributed by atoms with Gasteiger partial charge >= 0.3 is 0 Å². The summed E-state index contributed by atoms with van der Waals surface area (Å²) in [4.78, 5) is 22.4. The fraction of sp³-hybridized carbons (Fsp3) is 0.200. The third-order valence-electron chi connectivity index (χ3n) is 1.75. The number of hydrogen-bond donors (Lipinski definition) is 1. The molecule has 1 heterocycles. The maximum atomic E-state index is 11.4. The van der Waals surface area contributed by atoms with Crippen LogP contribution in [0.4, 0.5) is 0 Å². The Hall–Kier alpha value is -1.84. The van der Waals surface area contributed by atoms with Gasteiger partial charge in [0.1, 0.15) is 0 Å². The van der Waals surface area contributed by atoms with Gasteiger partial charge in [0.2, 0.25) is 5.56 Å². The molecule has 74 valence electrons. The lowest BCUT2D eigenvalue weighted by atomic mass is 10.2. The summed E-state index contributed by atoms with van der Waals surface area (Å²) in [6.45, 7) is 3.91. The van der Waals surface area contributed by atoms with Gasteiger partial charge in [-0.1, -0.05) is 6.08 Å². The normalized spacial score (nSPS) is 9.50. The Labute approximate surface area is 81.9 Å². The molecule has 0 bridgehead atoms. The van der Waals surface area contributed by atoms with Crippen molar-refractivity contribution in [3.8, 4) is 0 Å². The van der Waals surface area contributed by atoms with Crippen molar-refractivity contribution in [3.63, 3.8) is 0 Å². The van der Waals surface area contributed by atoms with E-state index in [0.29, 0.717) is 12.1 Å². The first kappa shape index (κ1) is 10.2. The van der Waals surface area contributed by atoms with Crippen LogP contribution in [0, 0.1) is 0 Å². The summed E-state index contributed by atoms with van der Waals surface area (Å²) < 4.78 is 1.36. The van der Waals surface area contributed by atoms with E-state index in [1.54, 1.807) is 13.1 Å². The average Bonchev–Trinajstić information content (AvgIpc) is 2.18. The second kappa shape index (κ2) is 4.41. The van der Waals surface area contributed by atoms with E-state index in [-0.39, 0.29) is 11.5 Å². The van der Waals surface area contributed by atoms with Crippen LogP contribution in [0.25, 0.3) is 0 Å². The van der Waals surface area contributed by atoms with Crippen LogP contribution in [-0.4, -0.2) is 17.0 Å². The predicted molar refractivity (Wildman–Crippen MR) is 54.2 cm³/mol. The SMILES string of the molecule is C=CCNC(=O)c1ccc(=O)n(C)c1. The van der Waals surface area contributed by atoms with E-state index in [0.717, 1.165) is 0 Å². The molecule has 1 N–H and O–H groups in total. The Bertz CT molecular complexity index is 407. The lowest BCUT2D eigenvalue weighted by molar-refractivity contribution is 0.0957. The first-order chi connectivity index (χ1) is 6.65. The Kier molecular flexibility index (Phi) is 3.23. The van der Waals surface area contributed by atoms with Crippen molar-refractivity contribution in [2.24, 2.45) is 7.05 Å². The first-order valence-electron chi connectivity index (χ1n) is 4.21. The van der Waals surface area contributed by atoms with E-state index in [1.165, 1.54) is 22.9 Å². The predicted octanol–water partition coefficient (Wildman–Crippen LogP) is 0.301. The molecule has 0 atom stereocenters. The van der Waals surface area contributed by atoms with Gasteiger partial charge in [0.25, 0.3) is 5.91 Å². The molecule has 0 aliphatic carbocycles. The van der Waals surface area contributed by atoms with Gasteiger partial charge < -0.3 is 9.88 Å². The van der Waals surface area contributed by atoms with E-state index in [2.05, 4.69) is 11.9 Å². The maximum Gasteiger partial charge on any atom is 0.253 e. The maximum absolute atomic E-state index is 11.4. The molecule has 1 amide bonds. The van der Waals surface area contributed by atoms with Crippen LogP contribution in [0.3, 0.4) is 0 Å². The summed E-state index contributed by atoms with van der Waals surface area (Å²) in [5, 5.41) is 2.62. The van der Waals surface area contributed by atoms with Gasteiger partial charge in [0.05, 0.1) is 5.56 Å². The summed E-state index contributed by atoms with van der Waals surface area (Å²) in [5.74, 6) is -0.208. The molecule has 1 rings (SSSR count). The highest BCUT2D eigenvalue weighted by molar-refractivity contribution is 5.93. The van der Waals surface area contributed by atoms with E-state index < -0.39 is 0 Å². The molecule has 4 heteroatoms. The number of nitrogens with zero attached hydrogens (tertiary/aromatic N) is 1. The number of carbonyl (C=O) groups excluding carboxylic acids is 1. The zero-order valence-corrected chi connectivity index (χ0v) is 7.99. The zero-order valence-electron chi connectivity index (χ0n) is 7.99. The number of aryl methyl sites for hydroxylation is 1. The molecule has 1 aromatic heterocycles. The molecule has 0 unspecified atom stereocenters. The number of hydrogen-bond acceptors (Lipinski definition) is 2. The topological polar surface area (TPSA) is 51.1 Å². The van der Waals surface area contributed by atoms with Crippen molar-refractivity contribution in [1.82, 2.24) is 9.88 Å². The Morgan fingerprint density at radius 2 is 2.36 bits per heavy atom. The monoisotopic (exact) mass is 192 g/mol. The standard InChI is InChI=1S/C10H12N2O2/c1-3-6-11-10(14)8-4-5-9(13)12(2)7-8/h3-5,7H,1,6H2,2H3,(H,11,14). The Morgan fingerprint density at radius 3 is 2.93 bits per heavy atom. The van der Waals surface area contributed by atoms with Crippen molar-refractivity contribution >= 4 is 5.91 Å². The second-order valence-electron chi connectivity index (χ2n) is 2.87. The van der Waals surface area contributed by atoms with E-state index in [9.17, 15) is 9.59 Å². The highest BCUT2D eigenvalue weighted by atomic mass is 16.1. The molecule has 0 fully saturated rings. The molecule has 1 aromatic rings. The molecule has 0 aromatic carbocycles. The molecule has 4 nitrogen and oxygen atoms in total. The molecule has 0 radical (unpaired) electrons. The highest BCUT2D eigenvalue weighted by Gasteiger charge is 2.04. The lowest BCUT2D eigenvalue weighted by Crippen LogP contribution is -2.25. The van der Waals surface area contributed by atoms with E-state index in [4.69, 9.17) is 0 Å². The van der Waals surface area contributed by atoms with Gasteiger partial charge in [0, 0.05) is 25.9 Å². The summed E-state index contributed by atoms with van der Waals surface area (Å²) in [5.41, 5.74) is 0.333. The van der Waals surface area contributed by atoms with Crippen LogP contribution < -0.4 is 10.9 Å². The van der Waals surface area contributed by atoms with Gasteiger partial charge in [-0.2, -0.15) is 0 Å². The van der Waals surface area contributed by atoms with Crippen LogP contribution in [-0.2, 0) is 7.05 Å². The summed E-state index contributed by atoms with van der Waals surface area (Å²) in [7, 11) is 1.60. The molecule has 0 spiro atoms. The Balaban J connectivity index is 2.86. The minimum Gasteiger partial charge on any atom is -0.349 e. The quantitative estimate of drug-likeness (QED) is 0.700. The number of nitrogens with one attached hydrogen (secondary N) is 1. The van der Waals surface area contributed by atoms with Crippen LogP contribution >= 0.6 is 0 Å². The largest absolute Gasteiger partial charge is 0.349 e. The minimum absolute atomic E-state index is 0.134. The van der Waals surface area contributed by atoms with Crippen LogP contribution in [0.2, 0.25) is 0 Å². The minimum atomic E-state index is -0.208. The first-order valence-corrected chi connectivity index (χ1v) is 4.21. The number of pyridine rings is 1. The fourth-order valence-electron chi connectivity index (χ4n) is 0.995. The molecule has 14 heavy (non-hydrogen) atoms. The van der Waals surface area contributed by atoms with Crippen LogP contribution in [0.15, 0.2) is 35.8 Å². The van der Waals surface area contributed by atoms with Gasteiger partial charge in [-0.15, -0.1) is 6.58 Å². The van der Waals surface area contributed by atoms with E-state index in [1.807, 2.05) is 0 Å². The number of amides is 1. The smallest absolute Gasteiger partial charge is 0.253 e. The second-order valence-corrected chi connectivity index (χ2v) is 2.87. The van der Waals surface area contributed by atoms with Crippen molar-refractivity contribution in [1.29, 1.82) is 0 Å². The van der Waals surface area contributed by atoms with Crippen molar-refractivity contribution in [2.45, 2.75) is 0 Å². The molecular formula is C10H12N2O2. The number of rotatable bonds is 3. The zero-order chi connectivity index (χ0) is 10.6. The molecule has 0 aliphatic rings. The third kappa shape index (κ3) is 2.32. The van der Waals surface area contributed by atoms with Gasteiger partial charge in [-0.05, 0) is 6.07 Å². The van der Waals surface area contributed by atoms with E-state index >= 15 is 0 Å². The number of carbonyl (C=O) groups is 1. The van der Waals surface area contributed by atoms with Gasteiger partial charge in [-0.25, -0.2) is 0 Å². The molecule has 0 saturated heterocycles. The molecule has 0 saturated carbocycles. The summed E-state index contributed by atoms with van der Waals surface area (Å²) in [6, 6.07) is 2.86.